The fraction of sp³-hybridized carbons (Fsp3) is 0.390. The van der Waals surface area contributed by atoms with Gasteiger partial charge in [-0.05, 0) is 116 Å². The topological polar surface area (TPSA) is 143 Å². The van der Waals surface area contributed by atoms with Crippen molar-refractivity contribution in [3.63, 3.8) is 0 Å². The lowest BCUT2D eigenvalue weighted by molar-refractivity contribution is -0.143. The van der Waals surface area contributed by atoms with Crippen molar-refractivity contribution in [1.29, 1.82) is 0 Å². The second-order valence-corrected chi connectivity index (χ2v) is 13.2. The number of esters is 2. The summed E-state index contributed by atoms with van der Waals surface area (Å²) in [6.45, 7) is 11.6. The van der Waals surface area contributed by atoms with Crippen molar-refractivity contribution in [2.24, 2.45) is 4.99 Å². The number of aromatic amines is 2. The van der Waals surface area contributed by atoms with Gasteiger partial charge >= 0.3 is 11.9 Å². The molecule has 0 saturated heterocycles. The molecule has 3 N–H and O–H groups in total. The van der Waals surface area contributed by atoms with E-state index in [9.17, 15) is 19.2 Å². The maximum atomic E-state index is 12.8. The first-order valence-electron chi connectivity index (χ1n) is 18.1. The van der Waals surface area contributed by atoms with E-state index in [0.29, 0.717) is 31.4 Å². The highest BCUT2D eigenvalue weighted by atomic mass is 16.5. The highest BCUT2D eigenvalue weighted by Crippen LogP contribution is 2.35. The molecule has 4 heterocycles. The summed E-state index contributed by atoms with van der Waals surface area (Å²) in [5.74, 6) is -0.822. The van der Waals surface area contributed by atoms with Crippen LogP contribution in [-0.4, -0.2) is 52.6 Å². The second-order valence-electron chi connectivity index (χ2n) is 13.2. The summed E-state index contributed by atoms with van der Waals surface area (Å²) in [4.78, 5) is 62.6. The van der Waals surface area contributed by atoms with Crippen LogP contribution in [-0.2, 0) is 54.3 Å². The molecule has 0 bridgehead atoms. The minimum Gasteiger partial charge on any atom is -0.461 e. The molecule has 2 aliphatic carbocycles. The molecule has 2 aromatic heterocycles. The van der Waals surface area contributed by atoms with Crippen LogP contribution in [0.5, 0.6) is 0 Å². The first-order chi connectivity index (χ1) is 24.8. The summed E-state index contributed by atoms with van der Waals surface area (Å²) in [6, 6.07) is 0. The Labute approximate surface area is 297 Å². The Kier molecular flexibility index (Phi) is 11.0. The van der Waals surface area contributed by atoms with Crippen molar-refractivity contribution in [2.75, 3.05) is 13.2 Å². The molecule has 0 unspecified atom stereocenters. The van der Waals surface area contributed by atoms with Gasteiger partial charge in [-0.3, -0.25) is 19.2 Å². The van der Waals surface area contributed by atoms with Crippen LogP contribution in [0.15, 0.2) is 58.3 Å². The van der Waals surface area contributed by atoms with Gasteiger partial charge in [0.25, 0.3) is 11.8 Å². The van der Waals surface area contributed by atoms with E-state index >= 15 is 0 Å². The number of fused-ring (bicyclic) bond motifs is 4. The van der Waals surface area contributed by atoms with Crippen LogP contribution in [0.25, 0.3) is 18.2 Å². The number of hydrogen-bond acceptors (Lipinski definition) is 6. The van der Waals surface area contributed by atoms with Gasteiger partial charge in [0.05, 0.1) is 5.71 Å². The van der Waals surface area contributed by atoms with Crippen LogP contribution in [0.4, 0.5) is 0 Å². The number of amides is 2. The zero-order valence-corrected chi connectivity index (χ0v) is 29.6. The Morgan fingerprint density at radius 1 is 0.824 bits per heavy atom. The maximum absolute atomic E-state index is 12.8. The molecule has 0 radical (unpaired) electrons. The SMILES string of the molecule is C=CCOC(=O)CCc1c(/C=c2/[nH]/c3c(c2CCC(=O)OCC=C)CCCC2=C(CC)C(=O)N=C2\C=3)[nH]c2c1CCCC1=C(CC)C(=O)N/C1=C/2. The van der Waals surface area contributed by atoms with Crippen LogP contribution in [0, 0.1) is 0 Å². The number of ether oxygens (including phenoxy) is 2. The molecule has 0 fully saturated rings. The normalized spacial score (nSPS) is 18.8. The van der Waals surface area contributed by atoms with E-state index in [1.165, 1.54) is 0 Å². The lowest BCUT2D eigenvalue weighted by atomic mass is 9.92. The van der Waals surface area contributed by atoms with Crippen LogP contribution in [0.3, 0.4) is 0 Å². The zero-order chi connectivity index (χ0) is 36.1. The van der Waals surface area contributed by atoms with Crippen molar-refractivity contribution in [3.8, 4) is 0 Å². The number of H-pyrrole nitrogens is 2. The fourth-order valence-electron chi connectivity index (χ4n) is 7.74. The molecule has 2 aromatic rings. The van der Waals surface area contributed by atoms with Crippen LogP contribution < -0.4 is 16.0 Å². The minimum atomic E-state index is -0.309. The second kappa shape index (κ2) is 15.7. The molecule has 2 amide bonds. The van der Waals surface area contributed by atoms with Crippen molar-refractivity contribution >= 4 is 47.7 Å². The van der Waals surface area contributed by atoms with Gasteiger partial charge in [0.15, 0.2) is 0 Å². The highest BCUT2D eigenvalue weighted by Gasteiger charge is 2.29. The number of nitrogens with zero attached hydrogens (tertiary/aromatic N) is 1. The lowest BCUT2D eigenvalue weighted by Gasteiger charge is -2.13. The lowest BCUT2D eigenvalue weighted by Crippen LogP contribution is -2.17. The number of aromatic nitrogens is 2. The quantitative estimate of drug-likeness (QED) is 0.203. The van der Waals surface area contributed by atoms with E-state index < -0.39 is 0 Å². The third-order valence-electron chi connectivity index (χ3n) is 10.1. The van der Waals surface area contributed by atoms with Crippen LogP contribution in [0.2, 0.25) is 0 Å². The van der Waals surface area contributed by atoms with Crippen molar-refractivity contribution in [3.05, 3.63) is 97.6 Å². The molecular weight excluding hydrogens is 644 g/mol. The summed E-state index contributed by atoms with van der Waals surface area (Å²) in [7, 11) is 0. The number of hydrogen-bond donors (Lipinski definition) is 3. The van der Waals surface area contributed by atoms with Gasteiger partial charge < -0.3 is 24.8 Å². The third kappa shape index (κ3) is 7.45. The highest BCUT2D eigenvalue weighted by molar-refractivity contribution is 6.31. The molecular formula is C41H46N4O6. The van der Waals surface area contributed by atoms with Gasteiger partial charge in [0, 0.05) is 51.8 Å². The van der Waals surface area contributed by atoms with Gasteiger partial charge in [-0.15, -0.1) is 0 Å². The molecule has 6 rings (SSSR count). The number of allylic oxidation sites excluding steroid dienone is 2. The van der Waals surface area contributed by atoms with Crippen molar-refractivity contribution in [1.82, 2.24) is 15.3 Å². The number of carbonyl (C=O) groups is 4. The van der Waals surface area contributed by atoms with E-state index in [-0.39, 0.29) is 49.8 Å². The maximum Gasteiger partial charge on any atom is 0.306 e. The van der Waals surface area contributed by atoms with Gasteiger partial charge in [-0.25, -0.2) is 4.99 Å². The van der Waals surface area contributed by atoms with E-state index in [2.05, 4.69) is 39.5 Å². The summed E-state index contributed by atoms with van der Waals surface area (Å²) < 4.78 is 10.6. The Bertz CT molecular complexity index is 2060. The predicted octanol–water partition coefficient (Wildman–Crippen LogP) is 4.81. The van der Waals surface area contributed by atoms with Gasteiger partial charge in [0.2, 0.25) is 0 Å². The zero-order valence-electron chi connectivity index (χ0n) is 29.6. The largest absolute Gasteiger partial charge is 0.461 e. The number of carbonyl (C=O) groups excluding carboxylic acids is 4. The van der Waals surface area contributed by atoms with E-state index in [1.54, 1.807) is 12.2 Å². The van der Waals surface area contributed by atoms with E-state index in [1.807, 2.05) is 26.0 Å². The molecule has 4 aliphatic rings. The molecule has 266 valence electrons. The summed E-state index contributed by atoms with van der Waals surface area (Å²) in [5, 5.41) is 4.78. The van der Waals surface area contributed by atoms with Crippen molar-refractivity contribution in [2.45, 2.75) is 90.9 Å². The minimum absolute atomic E-state index is 0.0420. The number of aliphatic imine (C=N–C) groups is 1. The fourth-order valence-corrected chi connectivity index (χ4v) is 7.74. The Morgan fingerprint density at radius 3 is 2.14 bits per heavy atom. The van der Waals surface area contributed by atoms with Gasteiger partial charge in [-0.1, -0.05) is 39.2 Å². The number of rotatable bonds is 13. The Balaban J connectivity index is 1.50. The average Bonchev–Trinajstić information content (AvgIpc) is 3.78. The molecule has 51 heavy (non-hydrogen) atoms. The third-order valence-corrected chi connectivity index (χ3v) is 10.1. The first-order valence-corrected chi connectivity index (χ1v) is 18.1. The Hall–Kier alpha value is -5.25. The Morgan fingerprint density at radius 2 is 1.47 bits per heavy atom. The standard InChI is InChI=1S/C41H46N4O6/c1-5-19-50-38(46)17-15-30-28-13-9-11-26-24(7-3)40(48)44-36(26)22-32(28)42-34(30)21-35-31(16-18-39(47)51-20-6-2)29-14-10-12-27-25(8-4)41(49)45-37(27)23-33(29)43-35/h5-6,21-23,42-43H,1-2,7-20H2,3-4H3,(H,44,48)/b33-23+,35-21+,36-22+. The molecule has 10 nitrogen and oxygen atoms in total. The number of nitrogens with one attached hydrogen (secondary N) is 3. The molecule has 10 heteroatoms. The molecule has 2 aliphatic heterocycles. The monoisotopic (exact) mass is 690 g/mol. The molecule has 0 spiro atoms. The van der Waals surface area contributed by atoms with Gasteiger partial charge in [-0.2, -0.15) is 0 Å². The van der Waals surface area contributed by atoms with E-state index in [4.69, 9.17) is 9.47 Å². The predicted molar refractivity (Wildman–Crippen MR) is 197 cm³/mol. The van der Waals surface area contributed by atoms with Crippen LogP contribution in [0.1, 0.15) is 98.9 Å². The molecule has 0 atom stereocenters. The van der Waals surface area contributed by atoms with Gasteiger partial charge in [0.1, 0.15) is 13.2 Å². The molecule has 0 aromatic carbocycles. The summed E-state index contributed by atoms with van der Waals surface area (Å²) >= 11 is 0. The average molecular weight is 691 g/mol. The molecule has 0 saturated carbocycles. The first kappa shape index (κ1) is 35.6. The summed E-state index contributed by atoms with van der Waals surface area (Å²) in [5.41, 5.74) is 11.2. The van der Waals surface area contributed by atoms with Crippen LogP contribution >= 0.6 is 0 Å². The summed E-state index contributed by atoms with van der Waals surface area (Å²) in [6.07, 6.45) is 16.5. The van der Waals surface area contributed by atoms with Crippen molar-refractivity contribution < 1.29 is 28.7 Å². The smallest absolute Gasteiger partial charge is 0.306 e. The van der Waals surface area contributed by atoms with E-state index in [0.717, 1.165) is 111 Å².